The first kappa shape index (κ1) is 29.4. The number of halogens is 2. The van der Waals surface area contributed by atoms with Crippen molar-refractivity contribution in [2.75, 3.05) is 18.0 Å². The van der Waals surface area contributed by atoms with Crippen LogP contribution in [0.5, 0.6) is 0 Å². The lowest BCUT2D eigenvalue weighted by Gasteiger charge is -2.44. The van der Waals surface area contributed by atoms with E-state index in [2.05, 4.69) is 26.9 Å². The molecule has 1 fully saturated rings. The van der Waals surface area contributed by atoms with Crippen molar-refractivity contribution < 1.29 is 13.6 Å². The maximum atomic E-state index is 16.4. The largest absolute Gasteiger partial charge is 0.355 e. The topological polar surface area (TPSA) is 115 Å². The lowest BCUT2D eigenvalue weighted by Crippen LogP contribution is -2.58. The van der Waals surface area contributed by atoms with Gasteiger partial charge in [0.2, 0.25) is 5.91 Å². The van der Waals surface area contributed by atoms with Gasteiger partial charge in [-0.2, -0.15) is 4.98 Å². The van der Waals surface area contributed by atoms with Gasteiger partial charge in [-0.25, -0.2) is 27.8 Å². The third kappa shape index (κ3) is 4.48. The van der Waals surface area contributed by atoms with Crippen molar-refractivity contribution in [3.63, 3.8) is 0 Å². The lowest BCUT2D eigenvalue weighted by molar-refractivity contribution is -0.128. The molecule has 2 aliphatic rings. The first-order chi connectivity index (χ1) is 22.1. The third-order valence-electron chi connectivity index (χ3n) is 8.78. The van der Waals surface area contributed by atoms with Crippen molar-refractivity contribution in [1.82, 2.24) is 39.4 Å². The van der Waals surface area contributed by atoms with E-state index < -0.39 is 17.3 Å². The van der Waals surface area contributed by atoms with E-state index in [0.717, 1.165) is 0 Å². The molecule has 1 saturated heterocycles. The molecular formula is C33H31F2N9O2. The molecule has 1 amide bonds. The van der Waals surface area contributed by atoms with Crippen LogP contribution in [0.2, 0.25) is 0 Å². The van der Waals surface area contributed by atoms with E-state index in [4.69, 9.17) is 4.98 Å². The number of aromatic nitrogens is 7. The molecule has 6 heterocycles. The highest BCUT2D eigenvalue weighted by atomic mass is 19.1. The number of piperazine rings is 1. The molecule has 234 valence electrons. The second kappa shape index (κ2) is 10.9. The van der Waals surface area contributed by atoms with Crippen LogP contribution in [0.4, 0.5) is 14.6 Å². The monoisotopic (exact) mass is 623 g/mol. The number of fused-ring (bicyclic) bond motifs is 7. The molecule has 46 heavy (non-hydrogen) atoms. The zero-order valence-electron chi connectivity index (χ0n) is 25.8. The fraction of sp³-hybridized carbons (Fsp3) is 0.303. The van der Waals surface area contributed by atoms with Gasteiger partial charge in [0.25, 0.3) is 0 Å². The van der Waals surface area contributed by atoms with E-state index in [1.807, 2.05) is 32.6 Å². The average Bonchev–Trinajstić information content (AvgIpc) is 3.48. The zero-order chi connectivity index (χ0) is 32.4. The number of benzene rings is 1. The van der Waals surface area contributed by atoms with Gasteiger partial charge in [-0.15, -0.1) is 5.10 Å². The number of hydrogen-bond donors (Lipinski definition) is 0. The second-order valence-corrected chi connectivity index (χ2v) is 12.1. The van der Waals surface area contributed by atoms with E-state index in [9.17, 15) is 9.59 Å². The Kier molecular flexibility index (Phi) is 6.98. The van der Waals surface area contributed by atoms with E-state index in [0.29, 0.717) is 41.4 Å². The average molecular weight is 624 g/mol. The molecule has 0 saturated carbocycles. The van der Waals surface area contributed by atoms with Crippen molar-refractivity contribution in [1.29, 1.82) is 0 Å². The quantitative estimate of drug-likeness (QED) is 0.268. The highest BCUT2D eigenvalue weighted by molar-refractivity contribution is 5.92. The normalized spacial score (nSPS) is 17.5. The molecule has 7 rings (SSSR count). The Hall–Kier alpha value is -5.33. The lowest BCUT2D eigenvalue weighted by atomic mass is 9.98. The van der Waals surface area contributed by atoms with Crippen LogP contribution in [0.1, 0.15) is 50.6 Å². The van der Waals surface area contributed by atoms with Crippen molar-refractivity contribution in [3.8, 4) is 22.6 Å². The Labute approximate surface area is 262 Å². The van der Waals surface area contributed by atoms with E-state index >= 15 is 8.78 Å². The number of anilines is 1. The fourth-order valence-corrected chi connectivity index (χ4v) is 6.59. The van der Waals surface area contributed by atoms with Crippen molar-refractivity contribution in [3.05, 3.63) is 94.5 Å². The number of carbonyl (C=O) groups is 1. The maximum Gasteiger partial charge on any atom is 0.355 e. The molecule has 4 aromatic heterocycles. The highest BCUT2D eigenvalue weighted by Gasteiger charge is 2.35. The van der Waals surface area contributed by atoms with Crippen LogP contribution in [0, 0.1) is 11.6 Å². The summed E-state index contributed by atoms with van der Waals surface area (Å²) in [6.45, 7) is 12.0. The number of hydrogen-bond acceptors (Lipinski definition) is 8. The van der Waals surface area contributed by atoms with Crippen LogP contribution in [-0.2, 0) is 11.2 Å². The van der Waals surface area contributed by atoms with Crippen LogP contribution in [-0.4, -0.2) is 70.5 Å². The van der Waals surface area contributed by atoms with Gasteiger partial charge in [-0.1, -0.05) is 37.8 Å². The minimum atomic E-state index is -0.769. The number of carbonyl (C=O) groups excluding carboxylic acids is 1. The van der Waals surface area contributed by atoms with Crippen LogP contribution in [0.15, 0.2) is 60.2 Å². The Balaban J connectivity index is 1.60. The van der Waals surface area contributed by atoms with Crippen LogP contribution in [0.3, 0.4) is 0 Å². The predicted octanol–water partition coefficient (Wildman–Crippen LogP) is 4.34. The summed E-state index contributed by atoms with van der Waals surface area (Å²) in [4.78, 5) is 44.4. The maximum absolute atomic E-state index is 16.4. The summed E-state index contributed by atoms with van der Waals surface area (Å²) in [5.74, 6) is -1.55. The van der Waals surface area contributed by atoms with E-state index in [1.165, 1.54) is 22.8 Å². The standard InChI is InChI=1S/C33H31F2N9O2/c1-6-26(45)41-15-19(5)42(16-18(41)4)31-22-13-24(35)29-27-20(8-7-9-23(27)34)12-21-14-37-40-44(21)25-10-11-36-28(17(2)3)30(25)43(32(22)38-29)33(46)39-31/h6-11,13-14,17-19H,1,12,15-16H2,2-5H3/t18-,19+/m1/s1. The summed E-state index contributed by atoms with van der Waals surface area (Å²) in [7, 11) is 0. The number of rotatable bonds is 3. The molecule has 0 spiro atoms. The smallest absolute Gasteiger partial charge is 0.349 e. The predicted molar refractivity (Wildman–Crippen MR) is 168 cm³/mol. The van der Waals surface area contributed by atoms with Gasteiger partial charge >= 0.3 is 5.69 Å². The molecule has 1 aromatic carbocycles. The third-order valence-corrected chi connectivity index (χ3v) is 8.78. The Morgan fingerprint density at radius 2 is 1.89 bits per heavy atom. The van der Waals surface area contributed by atoms with Gasteiger partial charge in [0.15, 0.2) is 5.65 Å². The first-order valence-electron chi connectivity index (χ1n) is 15.1. The molecule has 0 unspecified atom stereocenters. The van der Waals surface area contributed by atoms with Crippen LogP contribution >= 0.6 is 0 Å². The van der Waals surface area contributed by atoms with Gasteiger partial charge in [-0.3, -0.25) is 9.78 Å². The van der Waals surface area contributed by atoms with Gasteiger partial charge < -0.3 is 9.80 Å². The van der Waals surface area contributed by atoms with Gasteiger partial charge in [-0.05, 0) is 49.6 Å². The molecule has 2 atom stereocenters. The summed E-state index contributed by atoms with van der Waals surface area (Å²) >= 11 is 0. The molecule has 2 aliphatic heterocycles. The zero-order valence-corrected chi connectivity index (χ0v) is 25.8. The van der Waals surface area contributed by atoms with E-state index in [1.54, 1.807) is 40.2 Å². The van der Waals surface area contributed by atoms with Crippen molar-refractivity contribution >= 4 is 22.8 Å². The Morgan fingerprint density at radius 3 is 2.65 bits per heavy atom. The summed E-state index contributed by atoms with van der Waals surface area (Å²) in [6, 6.07) is 6.99. The molecule has 13 heteroatoms. The number of pyridine rings is 2. The van der Waals surface area contributed by atoms with Crippen molar-refractivity contribution in [2.24, 2.45) is 0 Å². The summed E-state index contributed by atoms with van der Waals surface area (Å²) < 4.78 is 35.0. The van der Waals surface area contributed by atoms with Crippen LogP contribution in [0.25, 0.3) is 33.7 Å². The van der Waals surface area contributed by atoms with Gasteiger partial charge in [0.1, 0.15) is 23.1 Å². The first-order valence-corrected chi connectivity index (χ1v) is 15.1. The van der Waals surface area contributed by atoms with Gasteiger partial charge in [0.05, 0.1) is 34.3 Å². The molecule has 11 nitrogen and oxygen atoms in total. The highest BCUT2D eigenvalue weighted by Crippen LogP contribution is 2.37. The number of nitrogens with zero attached hydrogens (tertiary/aromatic N) is 9. The molecule has 5 aromatic rings. The fourth-order valence-electron chi connectivity index (χ4n) is 6.59. The minimum Gasteiger partial charge on any atom is -0.349 e. The molecule has 0 N–H and O–H groups in total. The summed E-state index contributed by atoms with van der Waals surface area (Å²) in [5, 5.41) is 8.74. The van der Waals surface area contributed by atoms with Crippen molar-refractivity contribution in [2.45, 2.75) is 52.1 Å². The Bertz CT molecular complexity index is 2120. The SMILES string of the molecule is C=CC(=O)N1C[C@H](C)N(c2nc(=O)n3c4nc(c(F)cc24)-c2c(F)cccc2Cc2cnnn2-c2ccnc(C(C)C)c2-3)C[C@H]1C. The van der Waals surface area contributed by atoms with Crippen LogP contribution < -0.4 is 10.6 Å². The van der Waals surface area contributed by atoms with Gasteiger partial charge in [0, 0.05) is 43.4 Å². The molecule has 2 bridgehead atoms. The molecular weight excluding hydrogens is 592 g/mol. The number of amides is 1. The summed E-state index contributed by atoms with van der Waals surface area (Å²) in [5.41, 5.74) is 1.66. The van der Waals surface area contributed by atoms with E-state index in [-0.39, 0.29) is 58.4 Å². The second-order valence-electron chi connectivity index (χ2n) is 12.1. The Morgan fingerprint density at radius 1 is 1.09 bits per heavy atom. The minimum absolute atomic E-state index is 0.0151. The summed E-state index contributed by atoms with van der Waals surface area (Å²) in [6.07, 6.45) is 4.63. The molecule has 0 radical (unpaired) electrons. The molecule has 0 aliphatic carbocycles.